The van der Waals surface area contributed by atoms with Gasteiger partial charge in [0.2, 0.25) is 5.91 Å². The van der Waals surface area contributed by atoms with Crippen molar-refractivity contribution in [2.45, 2.75) is 31.8 Å². The van der Waals surface area contributed by atoms with E-state index in [1.54, 1.807) is 7.11 Å². The van der Waals surface area contributed by atoms with Gasteiger partial charge in [-0.2, -0.15) is 5.26 Å². The van der Waals surface area contributed by atoms with Gasteiger partial charge >= 0.3 is 0 Å². The number of nitrogens with one attached hydrogen (secondary N) is 1. The van der Waals surface area contributed by atoms with Gasteiger partial charge in [0.25, 0.3) is 0 Å². The second kappa shape index (κ2) is 7.35. The molecule has 1 aliphatic rings. The number of rotatable bonds is 7. The molecule has 2 aromatic carbocycles. The maximum atomic E-state index is 12.3. The van der Waals surface area contributed by atoms with Crippen molar-refractivity contribution in [3.8, 4) is 11.8 Å². The molecule has 1 amide bonds. The standard InChI is InChI=1S/C21H25N3O2/c1-21(14-22,18-7-8-18)23-20(25)13-24(2)12-15-4-5-17-11-19(26-3)9-6-16(17)10-15/h4-6,9-11,18H,7-8,12-13H2,1-3H3,(H,23,25)/t21-/m0/s1. The summed E-state index contributed by atoms with van der Waals surface area (Å²) in [7, 11) is 3.58. The molecule has 0 aromatic heterocycles. The number of nitrogens with zero attached hydrogens (tertiary/aromatic N) is 2. The average molecular weight is 351 g/mol. The molecule has 5 nitrogen and oxygen atoms in total. The Kier molecular flexibility index (Phi) is 5.15. The van der Waals surface area contributed by atoms with E-state index in [4.69, 9.17) is 4.74 Å². The molecule has 1 fully saturated rings. The fourth-order valence-electron chi connectivity index (χ4n) is 3.32. The zero-order valence-corrected chi connectivity index (χ0v) is 15.6. The van der Waals surface area contributed by atoms with Crippen molar-refractivity contribution < 1.29 is 9.53 Å². The first-order valence-electron chi connectivity index (χ1n) is 8.91. The lowest BCUT2D eigenvalue weighted by molar-refractivity contribution is -0.123. The molecular formula is C21H25N3O2. The molecule has 1 saturated carbocycles. The Morgan fingerprint density at radius 1 is 1.31 bits per heavy atom. The third-order valence-corrected chi connectivity index (χ3v) is 5.00. The highest BCUT2D eigenvalue weighted by Gasteiger charge is 2.43. The molecule has 2 aromatic rings. The highest BCUT2D eigenvalue weighted by Crippen LogP contribution is 2.39. The van der Waals surface area contributed by atoms with Gasteiger partial charge in [0.15, 0.2) is 0 Å². The molecule has 0 bridgehead atoms. The van der Waals surface area contributed by atoms with E-state index < -0.39 is 5.54 Å². The van der Waals surface area contributed by atoms with E-state index in [2.05, 4.69) is 29.6 Å². The molecule has 136 valence electrons. The van der Waals surface area contributed by atoms with E-state index in [0.29, 0.717) is 12.5 Å². The molecule has 26 heavy (non-hydrogen) atoms. The summed E-state index contributed by atoms with van der Waals surface area (Å²) in [5.74, 6) is 1.03. The monoisotopic (exact) mass is 351 g/mol. The number of carbonyl (C=O) groups excluding carboxylic acids is 1. The smallest absolute Gasteiger partial charge is 0.235 e. The van der Waals surface area contributed by atoms with Gasteiger partial charge in [-0.05, 0) is 67.3 Å². The lowest BCUT2D eigenvalue weighted by Gasteiger charge is -2.25. The molecule has 1 aliphatic carbocycles. The Morgan fingerprint density at radius 2 is 2.00 bits per heavy atom. The van der Waals surface area contributed by atoms with Gasteiger partial charge in [-0.3, -0.25) is 9.69 Å². The summed E-state index contributed by atoms with van der Waals surface area (Å²) >= 11 is 0. The number of hydrogen-bond donors (Lipinski definition) is 1. The Bertz CT molecular complexity index is 854. The van der Waals surface area contributed by atoms with Crippen LogP contribution < -0.4 is 10.1 Å². The van der Waals surface area contributed by atoms with Crippen molar-refractivity contribution in [1.29, 1.82) is 5.26 Å². The lowest BCUT2D eigenvalue weighted by atomic mass is 9.98. The average Bonchev–Trinajstić information content (AvgIpc) is 3.46. The molecular weight excluding hydrogens is 326 g/mol. The third-order valence-electron chi connectivity index (χ3n) is 5.00. The number of carbonyl (C=O) groups is 1. The minimum Gasteiger partial charge on any atom is -0.497 e. The molecule has 0 unspecified atom stereocenters. The van der Waals surface area contributed by atoms with Crippen LogP contribution in [0, 0.1) is 17.2 Å². The predicted molar refractivity (Wildman–Crippen MR) is 102 cm³/mol. The Hall–Kier alpha value is -2.58. The third kappa shape index (κ3) is 4.14. The van der Waals surface area contributed by atoms with Crippen LogP contribution in [0.1, 0.15) is 25.3 Å². The number of hydrogen-bond acceptors (Lipinski definition) is 4. The van der Waals surface area contributed by atoms with Crippen molar-refractivity contribution in [2.24, 2.45) is 5.92 Å². The van der Waals surface area contributed by atoms with Crippen LogP contribution in [0.2, 0.25) is 0 Å². The van der Waals surface area contributed by atoms with Crippen LogP contribution in [0.5, 0.6) is 5.75 Å². The minimum absolute atomic E-state index is 0.103. The summed E-state index contributed by atoms with van der Waals surface area (Å²) in [4.78, 5) is 14.3. The van der Waals surface area contributed by atoms with Crippen molar-refractivity contribution in [3.63, 3.8) is 0 Å². The summed E-state index contributed by atoms with van der Waals surface area (Å²) in [5.41, 5.74) is 0.406. The Balaban J connectivity index is 1.60. The maximum Gasteiger partial charge on any atom is 0.235 e. The van der Waals surface area contributed by atoms with Crippen molar-refractivity contribution in [1.82, 2.24) is 10.2 Å². The number of ether oxygens (including phenoxy) is 1. The van der Waals surface area contributed by atoms with Gasteiger partial charge < -0.3 is 10.1 Å². The van der Waals surface area contributed by atoms with Gasteiger partial charge in [0.05, 0.1) is 19.7 Å². The number of likely N-dealkylation sites (N-methyl/N-ethyl adjacent to an activating group) is 1. The molecule has 0 heterocycles. The molecule has 1 atom stereocenters. The molecule has 0 saturated heterocycles. The zero-order valence-electron chi connectivity index (χ0n) is 15.6. The minimum atomic E-state index is -0.736. The first-order valence-corrected chi connectivity index (χ1v) is 8.91. The van der Waals surface area contributed by atoms with Crippen LogP contribution >= 0.6 is 0 Å². The number of methoxy groups -OCH3 is 1. The van der Waals surface area contributed by atoms with Crippen LogP contribution in [0.25, 0.3) is 10.8 Å². The fraction of sp³-hybridized carbons (Fsp3) is 0.429. The summed E-state index contributed by atoms with van der Waals surface area (Å²) in [6.07, 6.45) is 2.03. The van der Waals surface area contributed by atoms with Gasteiger partial charge in [0.1, 0.15) is 11.3 Å². The van der Waals surface area contributed by atoms with Crippen LogP contribution in [0.3, 0.4) is 0 Å². The molecule has 0 aliphatic heterocycles. The van der Waals surface area contributed by atoms with E-state index in [-0.39, 0.29) is 12.5 Å². The molecule has 5 heteroatoms. The molecule has 0 spiro atoms. The first kappa shape index (κ1) is 18.2. The first-order chi connectivity index (χ1) is 12.4. The predicted octanol–water partition coefficient (Wildman–Crippen LogP) is 3.09. The molecule has 0 radical (unpaired) electrons. The lowest BCUT2D eigenvalue weighted by Crippen LogP contribution is -2.49. The van der Waals surface area contributed by atoms with E-state index >= 15 is 0 Å². The number of benzene rings is 2. The van der Waals surface area contributed by atoms with Crippen molar-refractivity contribution in [3.05, 3.63) is 42.0 Å². The van der Waals surface area contributed by atoms with E-state index in [1.807, 2.05) is 37.1 Å². The zero-order chi connectivity index (χ0) is 18.7. The summed E-state index contributed by atoms with van der Waals surface area (Å²) < 4.78 is 5.26. The Morgan fingerprint density at radius 3 is 2.65 bits per heavy atom. The number of fused-ring (bicyclic) bond motifs is 1. The largest absolute Gasteiger partial charge is 0.497 e. The number of amides is 1. The highest BCUT2D eigenvalue weighted by molar-refractivity contribution is 5.84. The van der Waals surface area contributed by atoms with Crippen molar-refractivity contribution >= 4 is 16.7 Å². The quantitative estimate of drug-likeness (QED) is 0.832. The summed E-state index contributed by atoms with van der Waals surface area (Å²) in [6, 6.07) is 14.5. The van der Waals surface area contributed by atoms with Gasteiger partial charge in [-0.25, -0.2) is 0 Å². The van der Waals surface area contributed by atoms with Crippen LogP contribution in [-0.2, 0) is 11.3 Å². The molecule has 1 N–H and O–H groups in total. The van der Waals surface area contributed by atoms with Crippen LogP contribution in [0.4, 0.5) is 0 Å². The second-order valence-corrected chi connectivity index (χ2v) is 7.36. The Labute approximate surface area is 154 Å². The molecule has 3 rings (SSSR count). The van der Waals surface area contributed by atoms with Gasteiger partial charge in [-0.15, -0.1) is 0 Å². The van der Waals surface area contributed by atoms with E-state index in [1.165, 1.54) is 0 Å². The summed E-state index contributed by atoms with van der Waals surface area (Å²) in [5, 5.41) is 14.5. The van der Waals surface area contributed by atoms with Crippen LogP contribution in [-0.4, -0.2) is 37.0 Å². The topological polar surface area (TPSA) is 65.4 Å². The maximum absolute atomic E-state index is 12.3. The number of nitriles is 1. The highest BCUT2D eigenvalue weighted by atomic mass is 16.5. The van der Waals surface area contributed by atoms with Crippen LogP contribution in [0.15, 0.2) is 36.4 Å². The SMILES string of the molecule is COc1ccc2cc(CN(C)CC(=O)N[C@@](C)(C#N)C3CC3)ccc2c1. The van der Waals surface area contributed by atoms with E-state index in [9.17, 15) is 10.1 Å². The second-order valence-electron chi connectivity index (χ2n) is 7.36. The van der Waals surface area contributed by atoms with Crippen molar-refractivity contribution in [2.75, 3.05) is 20.7 Å². The van der Waals surface area contributed by atoms with Gasteiger partial charge in [-0.1, -0.05) is 18.2 Å². The van der Waals surface area contributed by atoms with Gasteiger partial charge in [0, 0.05) is 6.54 Å². The summed E-state index contributed by atoms with van der Waals surface area (Å²) in [6.45, 7) is 2.76. The van der Waals surface area contributed by atoms with E-state index in [0.717, 1.165) is 34.9 Å². The fourth-order valence-corrected chi connectivity index (χ4v) is 3.32. The normalized spacial score (nSPS) is 16.1.